The smallest absolute Gasteiger partial charge is 0.358 e. The molecule has 0 saturated carbocycles. The summed E-state index contributed by atoms with van der Waals surface area (Å²) in [5.41, 5.74) is 1.72. The summed E-state index contributed by atoms with van der Waals surface area (Å²) in [7, 11) is 0. The number of nitriles is 1. The molecule has 1 heterocycles. The van der Waals surface area contributed by atoms with Crippen molar-refractivity contribution in [1.82, 2.24) is 4.98 Å². The predicted octanol–water partition coefficient (Wildman–Crippen LogP) is 2.51. The number of aryl methyl sites for hydroxylation is 1. The maximum Gasteiger partial charge on any atom is 0.358 e. The number of esters is 1. The number of aromatic nitrogens is 1. The van der Waals surface area contributed by atoms with Crippen LogP contribution >= 0.6 is 15.9 Å². The summed E-state index contributed by atoms with van der Waals surface area (Å²) < 4.78 is 5.60. The molecule has 0 amide bonds. The molecule has 0 atom stereocenters. The first-order valence-electron chi connectivity index (χ1n) is 4.76. The summed E-state index contributed by atoms with van der Waals surface area (Å²) in [6.07, 6.45) is 0. The highest BCUT2D eigenvalue weighted by Crippen LogP contribution is 2.24. The van der Waals surface area contributed by atoms with Crippen LogP contribution in [0.1, 0.15) is 34.2 Å². The van der Waals surface area contributed by atoms with Crippen LogP contribution in [0.5, 0.6) is 0 Å². The molecule has 1 aromatic heterocycles. The SMILES string of the molecule is CCOC(=O)c1nc(C)c(Br)c(C)c1C#N. The van der Waals surface area contributed by atoms with Crippen molar-refractivity contribution in [2.75, 3.05) is 6.61 Å². The fourth-order valence-corrected chi connectivity index (χ4v) is 1.60. The number of ether oxygens (including phenoxy) is 1. The number of hydrogen-bond acceptors (Lipinski definition) is 4. The van der Waals surface area contributed by atoms with Crippen LogP contribution in [-0.2, 0) is 4.74 Å². The van der Waals surface area contributed by atoms with Crippen molar-refractivity contribution >= 4 is 21.9 Å². The van der Waals surface area contributed by atoms with Gasteiger partial charge < -0.3 is 4.74 Å². The van der Waals surface area contributed by atoms with Crippen LogP contribution in [0.3, 0.4) is 0 Å². The quantitative estimate of drug-likeness (QED) is 0.782. The summed E-state index contributed by atoms with van der Waals surface area (Å²) in [5.74, 6) is -0.558. The number of halogens is 1. The largest absolute Gasteiger partial charge is 0.461 e. The van der Waals surface area contributed by atoms with Crippen LogP contribution in [0, 0.1) is 25.2 Å². The lowest BCUT2D eigenvalue weighted by atomic mass is 10.1. The fraction of sp³-hybridized carbons (Fsp3) is 0.364. The molecule has 0 saturated heterocycles. The molecule has 0 aliphatic carbocycles. The zero-order chi connectivity index (χ0) is 12.3. The van der Waals surface area contributed by atoms with Crippen LogP contribution < -0.4 is 0 Å². The van der Waals surface area contributed by atoms with Gasteiger partial charge in [-0.2, -0.15) is 5.26 Å². The van der Waals surface area contributed by atoms with Gasteiger partial charge in [0.05, 0.1) is 17.9 Å². The highest BCUT2D eigenvalue weighted by molar-refractivity contribution is 9.10. The third-order valence-corrected chi connectivity index (χ3v) is 3.29. The topological polar surface area (TPSA) is 63.0 Å². The van der Waals surface area contributed by atoms with Gasteiger partial charge in [0, 0.05) is 4.47 Å². The predicted molar refractivity (Wildman–Crippen MR) is 62.1 cm³/mol. The molecule has 0 spiro atoms. The van der Waals surface area contributed by atoms with Gasteiger partial charge in [0.15, 0.2) is 5.69 Å². The van der Waals surface area contributed by atoms with Crippen LogP contribution in [0.15, 0.2) is 4.47 Å². The van der Waals surface area contributed by atoms with Gasteiger partial charge in [-0.3, -0.25) is 0 Å². The molecule has 0 unspecified atom stereocenters. The highest BCUT2D eigenvalue weighted by atomic mass is 79.9. The Bertz CT molecular complexity index is 478. The summed E-state index contributed by atoms with van der Waals surface area (Å²) in [6.45, 7) is 5.50. The van der Waals surface area contributed by atoms with E-state index in [-0.39, 0.29) is 17.9 Å². The van der Waals surface area contributed by atoms with Crippen LogP contribution in [0.2, 0.25) is 0 Å². The Kier molecular flexibility index (Phi) is 4.02. The van der Waals surface area contributed by atoms with Gasteiger partial charge in [-0.25, -0.2) is 9.78 Å². The zero-order valence-corrected chi connectivity index (χ0v) is 10.9. The van der Waals surface area contributed by atoms with Crippen molar-refractivity contribution in [3.05, 3.63) is 27.0 Å². The summed E-state index contributed by atoms with van der Waals surface area (Å²) in [6, 6.07) is 1.98. The lowest BCUT2D eigenvalue weighted by molar-refractivity contribution is 0.0518. The van der Waals surface area contributed by atoms with Crippen molar-refractivity contribution in [2.45, 2.75) is 20.8 Å². The second kappa shape index (κ2) is 5.08. The Balaban J connectivity index is 3.40. The zero-order valence-electron chi connectivity index (χ0n) is 9.30. The van der Waals surface area contributed by atoms with E-state index in [1.54, 1.807) is 20.8 Å². The number of pyridine rings is 1. The Labute approximate surface area is 102 Å². The van der Waals surface area contributed by atoms with Crippen molar-refractivity contribution in [3.8, 4) is 6.07 Å². The third-order valence-electron chi connectivity index (χ3n) is 2.12. The lowest BCUT2D eigenvalue weighted by Gasteiger charge is -2.09. The first-order valence-corrected chi connectivity index (χ1v) is 5.56. The number of hydrogen-bond donors (Lipinski definition) is 0. The summed E-state index contributed by atoms with van der Waals surface area (Å²) in [4.78, 5) is 15.7. The summed E-state index contributed by atoms with van der Waals surface area (Å²) >= 11 is 3.33. The van der Waals surface area contributed by atoms with E-state index in [1.807, 2.05) is 6.07 Å². The minimum absolute atomic E-state index is 0.0857. The Morgan fingerprint density at radius 2 is 2.19 bits per heavy atom. The van der Waals surface area contributed by atoms with Gasteiger partial charge >= 0.3 is 5.97 Å². The maximum absolute atomic E-state index is 11.6. The van der Waals surface area contributed by atoms with Gasteiger partial charge in [0.25, 0.3) is 0 Å². The van der Waals surface area contributed by atoms with Gasteiger partial charge in [0.1, 0.15) is 6.07 Å². The normalized spacial score (nSPS) is 9.69. The average Bonchev–Trinajstić information content (AvgIpc) is 2.26. The van der Waals surface area contributed by atoms with Crippen LogP contribution in [-0.4, -0.2) is 17.6 Å². The molecule has 0 aromatic carbocycles. The van der Waals surface area contributed by atoms with Gasteiger partial charge in [0.2, 0.25) is 0 Å². The second-order valence-corrected chi connectivity index (χ2v) is 3.99. The van der Waals surface area contributed by atoms with E-state index in [4.69, 9.17) is 10.00 Å². The average molecular weight is 283 g/mol. The lowest BCUT2D eigenvalue weighted by Crippen LogP contribution is -2.12. The maximum atomic E-state index is 11.6. The van der Waals surface area contributed by atoms with Crippen molar-refractivity contribution in [1.29, 1.82) is 5.26 Å². The van der Waals surface area contributed by atoms with E-state index < -0.39 is 5.97 Å². The number of rotatable bonds is 2. The highest BCUT2D eigenvalue weighted by Gasteiger charge is 2.19. The first kappa shape index (κ1) is 12.7. The Morgan fingerprint density at radius 1 is 1.56 bits per heavy atom. The molecule has 0 radical (unpaired) electrons. The molecule has 5 heteroatoms. The standard InChI is InChI=1S/C11H11BrN2O2/c1-4-16-11(15)10-8(5-13)6(2)9(12)7(3)14-10/h4H2,1-3H3. The van der Waals surface area contributed by atoms with E-state index >= 15 is 0 Å². The minimum Gasteiger partial charge on any atom is -0.461 e. The van der Waals surface area contributed by atoms with Gasteiger partial charge in [-0.05, 0) is 42.3 Å². The molecular formula is C11H11BrN2O2. The molecule has 0 fully saturated rings. The molecule has 0 aliphatic heterocycles. The van der Waals surface area contributed by atoms with Crippen molar-refractivity contribution < 1.29 is 9.53 Å². The third kappa shape index (κ3) is 2.22. The van der Waals surface area contributed by atoms with E-state index in [0.717, 1.165) is 4.47 Å². The van der Waals surface area contributed by atoms with Crippen molar-refractivity contribution in [3.63, 3.8) is 0 Å². The Morgan fingerprint density at radius 3 is 2.69 bits per heavy atom. The van der Waals surface area contributed by atoms with Crippen LogP contribution in [0.25, 0.3) is 0 Å². The second-order valence-electron chi connectivity index (χ2n) is 3.19. The van der Waals surface area contributed by atoms with E-state index in [1.165, 1.54) is 0 Å². The fourth-order valence-electron chi connectivity index (χ4n) is 1.32. The first-order chi connectivity index (χ1) is 7.52. The minimum atomic E-state index is -0.558. The Hall–Kier alpha value is -1.41. The molecule has 1 rings (SSSR count). The van der Waals surface area contributed by atoms with Crippen LogP contribution in [0.4, 0.5) is 0 Å². The van der Waals surface area contributed by atoms with Gasteiger partial charge in [-0.1, -0.05) is 0 Å². The molecule has 0 bridgehead atoms. The molecular weight excluding hydrogens is 272 g/mol. The van der Waals surface area contributed by atoms with E-state index in [2.05, 4.69) is 20.9 Å². The van der Waals surface area contributed by atoms with E-state index in [9.17, 15) is 4.79 Å². The number of carbonyl (C=O) groups excluding carboxylic acids is 1. The number of nitrogens with zero attached hydrogens (tertiary/aromatic N) is 2. The molecule has 84 valence electrons. The summed E-state index contributed by atoms with van der Waals surface area (Å²) in [5, 5.41) is 9.01. The number of carbonyl (C=O) groups is 1. The molecule has 0 aliphatic rings. The monoisotopic (exact) mass is 282 g/mol. The van der Waals surface area contributed by atoms with Crippen molar-refractivity contribution in [2.24, 2.45) is 0 Å². The molecule has 1 aromatic rings. The molecule has 16 heavy (non-hydrogen) atoms. The molecule has 0 N–H and O–H groups in total. The van der Waals surface area contributed by atoms with E-state index in [0.29, 0.717) is 11.3 Å². The van der Waals surface area contributed by atoms with Gasteiger partial charge in [-0.15, -0.1) is 0 Å². The molecule has 4 nitrogen and oxygen atoms in total.